The van der Waals surface area contributed by atoms with Crippen LogP contribution >= 0.6 is 11.6 Å². The van der Waals surface area contributed by atoms with Gasteiger partial charge in [-0.25, -0.2) is 9.80 Å². The van der Waals surface area contributed by atoms with Crippen LogP contribution in [0.5, 0.6) is 11.5 Å². The number of halogens is 1. The topological polar surface area (TPSA) is 67.1 Å². The zero-order valence-electron chi connectivity index (χ0n) is 17.5. The monoisotopic (exact) mass is 457 g/mol. The van der Waals surface area contributed by atoms with Gasteiger partial charge in [0.25, 0.3) is 0 Å². The van der Waals surface area contributed by atoms with Crippen LogP contribution in [0.25, 0.3) is 0 Å². The number of nitrogens with one attached hydrogen (secondary N) is 1. The Morgan fingerprint density at radius 1 is 0.939 bits per heavy atom. The molecule has 3 aromatic carbocycles. The lowest BCUT2D eigenvalue weighted by molar-refractivity contribution is 0.192. The number of hydrogen-bond donors (Lipinski definition) is 1. The molecule has 1 N–H and O–H groups in total. The standard InChI is InChI=1S/C26H20ClN3O3/c27-19-10-8-18(9-11-19)23-17-24(25-7-4-16-32-25)30(29-23)26(31)28-20-12-14-22(15-13-20)33-21-5-2-1-3-6-21/h1-16,24H,17H2,(H,28,31). The van der Waals surface area contributed by atoms with Gasteiger partial charge in [-0.3, -0.25) is 0 Å². The zero-order chi connectivity index (χ0) is 22.6. The third-order valence-electron chi connectivity index (χ3n) is 5.25. The van der Waals surface area contributed by atoms with E-state index in [1.807, 2.05) is 60.7 Å². The number of carbonyl (C=O) groups excluding carboxylic acids is 1. The fourth-order valence-electron chi connectivity index (χ4n) is 3.63. The molecule has 1 aromatic heterocycles. The first kappa shape index (κ1) is 20.8. The summed E-state index contributed by atoms with van der Waals surface area (Å²) in [5.74, 6) is 2.10. The molecule has 0 bridgehead atoms. The molecular weight excluding hydrogens is 438 g/mol. The van der Waals surface area contributed by atoms with E-state index in [1.54, 1.807) is 36.6 Å². The van der Waals surface area contributed by atoms with Gasteiger partial charge < -0.3 is 14.5 Å². The van der Waals surface area contributed by atoms with Gasteiger partial charge in [-0.15, -0.1) is 0 Å². The maximum absolute atomic E-state index is 13.1. The van der Waals surface area contributed by atoms with Crippen LogP contribution in [0.2, 0.25) is 5.02 Å². The molecular formula is C26H20ClN3O3. The lowest BCUT2D eigenvalue weighted by Crippen LogP contribution is -2.31. The van der Waals surface area contributed by atoms with E-state index in [0.29, 0.717) is 28.6 Å². The van der Waals surface area contributed by atoms with Crippen LogP contribution in [0.1, 0.15) is 23.8 Å². The van der Waals surface area contributed by atoms with E-state index in [0.717, 1.165) is 17.0 Å². The highest BCUT2D eigenvalue weighted by molar-refractivity contribution is 6.30. The number of carbonyl (C=O) groups is 1. The molecule has 0 spiro atoms. The number of para-hydroxylation sites is 1. The molecule has 0 aliphatic carbocycles. The van der Waals surface area contributed by atoms with E-state index in [9.17, 15) is 4.79 Å². The summed E-state index contributed by atoms with van der Waals surface area (Å²) < 4.78 is 11.4. The second kappa shape index (κ2) is 9.22. The molecule has 2 amide bonds. The van der Waals surface area contributed by atoms with Crippen molar-refractivity contribution in [1.82, 2.24) is 5.01 Å². The van der Waals surface area contributed by atoms with Crippen molar-refractivity contribution in [3.05, 3.63) is 114 Å². The Labute approximate surface area is 196 Å². The van der Waals surface area contributed by atoms with Gasteiger partial charge >= 0.3 is 6.03 Å². The Hall–Kier alpha value is -4.03. The molecule has 1 atom stereocenters. The van der Waals surface area contributed by atoms with E-state index < -0.39 is 0 Å². The van der Waals surface area contributed by atoms with Gasteiger partial charge in [-0.1, -0.05) is 41.9 Å². The fourth-order valence-corrected chi connectivity index (χ4v) is 3.75. The zero-order valence-corrected chi connectivity index (χ0v) is 18.3. The van der Waals surface area contributed by atoms with Gasteiger partial charge in [-0.05, 0) is 66.2 Å². The fraction of sp³-hybridized carbons (Fsp3) is 0.0769. The van der Waals surface area contributed by atoms with Crippen LogP contribution in [0.3, 0.4) is 0 Å². The van der Waals surface area contributed by atoms with Gasteiger partial charge in [0.05, 0.1) is 12.0 Å². The van der Waals surface area contributed by atoms with Crippen molar-refractivity contribution in [2.24, 2.45) is 5.10 Å². The number of anilines is 1. The van der Waals surface area contributed by atoms with Crippen molar-refractivity contribution in [2.75, 3.05) is 5.32 Å². The Balaban J connectivity index is 1.33. The predicted molar refractivity (Wildman–Crippen MR) is 128 cm³/mol. The van der Waals surface area contributed by atoms with E-state index >= 15 is 0 Å². The molecule has 1 unspecified atom stereocenters. The van der Waals surface area contributed by atoms with Gasteiger partial charge in [-0.2, -0.15) is 5.10 Å². The number of nitrogens with zero attached hydrogens (tertiary/aromatic N) is 2. The molecule has 33 heavy (non-hydrogen) atoms. The van der Waals surface area contributed by atoms with E-state index in [1.165, 1.54) is 5.01 Å². The number of benzene rings is 3. The second-order valence-electron chi connectivity index (χ2n) is 7.50. The van der Waals surface area contributed by atoms with Gasteiger partial charge in [0, 0.05) is 17.1 Å². The summed E-state index contributed by atoms with van der Waals surface area (Å²) in [6.07, 6.45) is 2.13. The molecule has 164 valence electrons. The summed E-state index contributed by atoms with van der Waals surface area (Å²) in [6, 6.07) is 27.1. The van der Waals surface area contributed by atoms with Crippen molar-refractivity contribution < 1.29 is 13.9 Å². The second-order valence-corrected chi connectivity index (χ2v) is 7.94. The minimum atomic E-state index is -0.350. The van der Waals surface area contributed by atoms with Crippen LogP contribution in [0, 0.1) is 0 Å². The van der Waals surface area contributed by atoms with Crippen LogP contribution in [0.4, 0.5) is 10.5 Å². The third kappa shape index (κ3) is 4.76. The van der Waals surface area contributed by atoms with Crippen molar-refractivity contribution in [3.63, 3.8) is 0 Å². The highest BCUT2D eigenvalue weighted by atomic mass is 35.5. The lowest BCUT2D eigenvalue weighted by atomic mass is 10.0. The summed E-state index contributed by atoms with van der Waals surface area (Å²) in [6.45, 7) is 0. The van der Waals surface area contributed by atoms with Crippen molar-refractivity contribution in [1.29, 1.82) is 0 Å². The van der Waals surface area contributed by atoms with E-state index in [2.05, 4.69) is 10.4 Å². The average Bonchev–Trinajstić information content (AvgIpc) is 3.52. The van der Waals surface area contributed by atoms with Crippen LogP contribution in [0.15, 0.2) is 107 Å². The van der Waals surface area contributed by atoms with Gasteiger partial charge in [0.2, 0.25) is 0 Å². The molecule has 2 heterocycles. The highest BCUT2D eigenvalue weighted by Crippen LogP contribution is 2.34. The first-order chi connectivity index (χ1) is 16.2. The SMILES string of the molecule is O=C(Nc1ccc(Oc2ccccc2)cc1)N1N=C(c2ccc(Cl)cc2)CC1c1ccco1. The van der Waals surface area contributed by atoms with E-state index in [4.69, 9.17) is 20.8 Å². The highest BCUT2D eigenvalue weighted by Gasteiger charge is 2.35. The number of hydrazone groups is 1. The van der Waals surface area contributed by atoms with Crippen LogP contribution in [-0.4, -0.2) is 16.8 Å². The molecule has 7 heteroatoms. The number of furan rings is 1. The largest absolute Gasteiger partial charge is 0.467 e. The molecule has 0 saturated heterocycles. The summed E-state index contributed by atoms with van der Waals surface area (Å²) in [7, 11) is 0. The molecule has 1 aliphatic rings. The Morgan fingerprint density at radius 2 is 1.67 bits per heavy atom. The Kier molecular flexibility index (Phi) is 5.83. The molecule has 6 nitrogen and oxygen atoms in total. The number of amides is 2. The summed E-state index contributed by atoms with van der Waals surface area (Å²) in [4.78, 5) is 13.1. The van der Waals surface area contributed by atoms with Crippen LogP contribution in [-0.2, 0) is 0 Å². The summed E-state index contributed by atoms with van der Waals surface area (Å²) in [5.41, 5.74) is 2.33. The first-order valence-corrected chi connectivity index (χ1v) is 10.8. The van der Waals surface area contributed by atoms with Gasteiger partial charge in [0.15, 0.2) is 0 Å². The quantitative estimate of drug-likeness (QED) is 0.347. The maximum atomic E-state index is 13.1. The Bertz CT molecular complexity index is 1250. The normalized spacial score (nSPS) is 15.2. The predicted octanol–water partition coefficient (Wildman–Crippen LogP) is 7.11. The summed E-state index contributed by atoms with van der Waals surface area (Å²) in [5, 5.41) is 9.59. The van der Waals surface area contributed by atoms with Gasteiger partial charge in [0.1, 0.15) is 23.3 Å². The molecule has 0 fully saturated rings. The Morgan fingerprint density at radius 3 is 2.36 bits per heavy atom. The number of ether oxygens (including phenoxy) is 1. The van der Waals surface area contributed by atoms with E-state index in [-0.39, 0.29) is 12.1 Å². The summed E-state index contributed by atoms with van der Waals surface area (Å²) >= 11 is 6.02. The van der Waals surface area contributed by atoms with Crippen molar-refractivity contribution >= 4 is 29.0 Å². The average molecular weight is 458 g/mol. The smallest absolute Gasteiger partial charge is 0.342 e. The third-order valence-corrected chi connectivity index (χ3v) is 5.50. The number of hydrogen-bond acceptors (Lipinski definition) is 4. The number of urea groups is 1. The molecule has 5 rings (SSSR count). The number of rotatable bonds is 5. The maximum Gasteiger partial charge on any atom is 0.342 e. The molecule has 1 aliphatic heterocycles. The first-order valence-electron chi connectivity index (χ1n) is 10.5. The van der Waals surface area contributed by atoms with Crippen LogP contribution < -0.4 is 10.1 Å². The molecule has 0 radical (unpaired) electrons. The molecule has 0 saturated carbocycles. The minimum Gasteiger partial charge on any atom is -0.467 e. The lowest BCUT2D eigenvalue weighted by Gasteiger charge is -2.20. The minimum absolute atomic E-state index is 0.341. The van der Waals surface area contributed by atoms with Crippen molar-refractivity contribution in [2.45, 2.75) is 12.5 Å². The van der Waals surface area contributed by atoms with Crippen molar-refractivity contribution in [3.8, 4) is 11.5 Å². The molecule has 4 aromatic rings.